The van der Waals surface area contributed by atoms with Crippen molar-refractivity contribution in [2.24, 2.45) is 5.92 Å². The van der Waals surface area contributed by atoms with Crippen molar-refractivity contribution in [2.75, 3.05) is 13.1 Å². The van der Waals surface area contributed by atoms with Crippen LogP contribution in [0.5, 0.6) is 0 Å². The summed E-state index contributed by atoms with van der Waals surface area (Å²) in [5.41, 5.74) is -0.0482. The Labute approximate surface area is 105 Å². The fourth-order valence-electron chi connectivity index (χ4n) is 2.55. The number of rotatable bonds is 2. The van der Waals surface area contributed by atoms with Crippen molar-refractivity contribution in [3.8, 4) is 0 Å². The van der Waals surface area contributed by atoms with E-state index in [1.54, 1.807) is 12.1 Å². The van der Waals surface area contributed by atoms with Crippen LogP contribution in [0.25, 0.3) is 0 Å². The topological polar surface area (TPSA) is 12.0 Å². The van der Waals surface area contributed by atoms with Gasteiger partial charge in [-0.2, -0.15) is 13.2 Å². The monoisotopic (exact) mass is 257 g/mol. The summed E-state index contributed by atoms with van der Waals surface area (Å²) >= 11 is 0. The van der Waals surface area contributed by atoms with Crippen LogP contribution in [-0.2, 0) is 12.6 Å². The lowest BCUT2D eigenvalue weighted by Crippen LogP contribution is -2.23. The molecule has 1 nitrogen and oxygen atoms in total. The van der Waals surface area contributed by atoms with Crippen molar-refractivity contribution in [1.29, 1.82) is 0 Å². The van der Waals surface area contributed by atoms with E-state index in [9.17, 15) is 13.2 Å². The van der Waals surface area contributed by atoms with Crippen LogP contribution in [0.1, 0.15) is 30.4 Å². The van der Waals surface area contributed by atoms with Gasteiger partial charge in [-0.3, -0.25) is 0 Å². The van der Waals surface area contributed by atoms with Gasteiger partial charge in [0.25, 0.3) is 0 Å². The second-order valence-corrected chi connectivity index (χ2v) is 4.92. The van der Waals surface area contributed by atoms with Crippen molar-refractivity contribution >= 4 is 0 Å². The smallest absolute Gasteiger partial charge is 0.316 e. The molecular formula is C14H18F3N. The molecule has 18 heavy (non-hydrogen) atoms. The first-order valence-electron chi connectivity index (χ1n) is 6.43. The molecule has 1 aliphatic rings. The van der Waals surface area contributed by atoms with Crippen LogP contribution < -0.4 is 5.32 Å². The Balaban J connectivity index is 2.13. The Morgan fingerprint density at radius 3 is 2.72 bits per heavy atom. The summed E-state index contributed by atoms with van der Waals surface area (Å²) in [5.74, 6) is 0.316. The van der Waals surface area contributed by atoms with Crippen LogP contribution in [-0.4, -0.2) is 13.1 Å². The molecule has 0 aliphatic carbocycles. The van der Waals surface area contributed by atoms with Crippen LogP contribution in [0.15, 0.2) is 24.3 Å². The molecule has 1 aromatic carbocycles. The highest BCUT2D eigenvalue weighted by Gasteiger charge is 2.33. The third-order valence-corrected chi connectivity index (χ3v) is 3.48. The van der Waals surface area contributed by atoms with Crippen molar-refractivity contribution in [1.82, 2.24) is 5.32 Å². The van der Waals surface area contributed by atoms with E-state index in [0.29, 0.717) is 17.9 Å². The molecule has 0 radical (unpaired) electrons. The lowest BCUT2D eigenvalue weighted by Gasteiger charge is -2.18. The van der Waals surface area contributed by atoms with Crippen LogP contribution >= 0.6 is 0 Å². The largest absolute Gasteiger partial charge is 0.416 e. The molecule has 1 N–H and O–H groups in total. The first-order valence-corrected chi connectivity index (χ1v) is 6.43. The predicted molar refractivity (Wildman–Crippen MR) is 65.4 cm³/mol. The van der Waals surface area contributed by atoms with Gasteiger partial charge in [0.2, 0.25) is 0 Å². The van der Waals surface area contributed by atoms with Crippen LogP contribution in [0, 0.1) is 5.92 Å². The molecule has 0 aromatic heterocycles. The van der Waals surface area contributed by atoms with Crippen LogP contribution in [0.2, 0.25) is 0 Å². The van der Waals surface area contributed by atoms with E-state index in [4.69, 9.17) is 0 Å². The van der Waals surface area contributed by atoms with Crippen molar-refractivity contribution < 1.29 is 13.2 Å². The maximum atomic E-state index is 12.9. The highest BCUT2D eigenvalue weighted by molar-refractivity contribution is 5.30. The Hall–Kier alpha value is -1.03. The Morgan fingerprint density at radius 2 is 1.94 bits per heavy atom. The Kier molecular flexibility index (Phi) is 4.27. The molecule has 1 unspecified atom stereocenters. The highest BCUT2D eigenvalue weighted by atomic mass is 19.4. The van der Waals surface area contributed by atoms with Crippen LogP contribution in [0.4, 0.5) is 13.2 Å². The van der Waals surface area contributed by atoms with E-state index in [-0.39, 0.29) is 0 Å². The van der Waals surface area contributed by atoms with Crippen molar-refractivity contribution in [2.45, 2.75) is 31.9 Å². The minimum atomic E-state index is -4.24. The zero-order valence-corrected chi connectivity index (χ0v) is 10.3. The Morgan fingerprint density at radius 1 is 1.17 bits per heavy atom. The number of hydrogen-bond donors (Lipinski definition) is 1. The molecule has 1 saturated heterocycles. The molecule has 1 aliphatic heterocycles. The summed E-state index contributed by atoms with van der Waals surface area (Å²) in [5, 5.41) is 3.29. The van der Waals surface area contributed by atoms with E-state index in [2.05, 4.69) is 5.32 Å². The van der Waals surface area contributed by atoms with Gasteiger partial charge in [-0.25, -0.2) is 0 Å². The molecule has 0 spiro atoms. The first-order chi connectivity index (χ1) is 8.57. The summed E-state index contributed by atoms with van der Waals surface area (Å²) < 4.78 is 38.6. The highest BCUT2D eigenvalue weighted by Crippen LogP contribution is 2.33. The zero-order valence-electron chi connectivity index (χ0n) is 10.3. The number of alkyl halides is 3. The van der Waals surface area contributed by atoms with E-state index in [1.165, 1.54) is 12.1 Å². The average molecular weight is 257 g/mol. The lowest BCUT2D eigenvalue weighted by molar-refractivity contribution is -0.138. The summed E-state index contributed by atoms with van der Waals surface area (Å²) in [6, 6.07) is 5.93. The lowest BCUT2D eigenvalue weighted by atomic mass is 9.92. The van der Waals surface area contributed by atoms with E-state index in [0.717, 1.165) is 32.4 Å². The maximum Gasteiger partial charge on any atom is 0.416 e. The van der Waals surface area contributed by atoms with Crippen molar-refractivity contribution in [3.05, 3.63) is 35.4 Å². The molecule has 1 heterocycles. The predicted octanol–water partition coefficient (Wildman–Crippen LogP) is 3.64. The van der Waals surface area contributed by atoms with Gasteiger partial charge in [0.1, 0.15) is 0 Å². The molecule has 1 aromatic rings. The standard InChI is InChI=1S/C14H18F3N/c15-14(16,17)13-7-2-1-6-12(13)9-11-5-3-4-8-18-10-11/h1-2,6-7,11,18H,3-5,8-10H2. The van der Waals surface area contributed by atoms with E-state index < -0.39 is 11.7 Å². The molecule has 0 amide bonds. The van der Waals surface area contributed by atoms with Gasteiger partial charge in [0.05, 0.1) is 5.56 Å². The molecule has 4 heteroatoms. The molecule has 0 bridgehead atoms. The first kappa shape index (κ1) is 13.4. The summed E-state index contributed by atoms with van der Waals surface area (Å²) in [4.78, 5) is 0. The third kappa shape index (κ3) is 3.48. The van der Waals surface area contributed by atoms with E-state index in [1.807, 2.05) is 0 Å². The quantitative estimate of drug-likeness (QED) is 0.853. The SMILES string of the molecule is FC(F)(F)c1ccccc1CC1CCCCNC1. The van der Waals surface area contributed by atoms with Gasteiger partial charge in [-0.1, -0.05) is 24.6 Å². The number of benzene rings is 1. The summed E-state index contributed by atoms with van der Waals surface area (Å²) in [7, 11) is 0. The molecular weight excluding hydrogens is 239 g/mol. The van der Waals surface area contributed by atoms with Gasteiger partial charge >= 0.3 is 6.18 Å². The normalized spacial score (nSPS) is 21.6. The molecule has 2 rings (SSSR count). The number of halogens is 3. The third-order valence-electron chi connectivity index (χ3n) is 3.48. The van der Waals surface area contributed by atoms with Gasteiger partial charge in [-0.05, 0) is 49.9 Å². The average Bonchev–Trinajstić information content (AvgIpc) is 2.57. The fraction of sp³-hybridized carbons (Fsp3) is 0.571. The molecule has 1 fully saturated rings. The zero-order chi connectivity index (χ0) is 13.0. The maximum absolute atomic E-state index is 12.9. The molecule has 0 saturated carbocycles. The number of nitrogens with one attached hydrogen (secondary N) is 1. The summed E-state index contributed by atoms with van der Waals surface area (Å²) in [6.07, 6.45) is -0.486. The van der Waals surface area contributed by atoms with E-state index >= 15 is 0 Å². The van der Waals surface area contributed by atoms with Crippen LogP contribution in [0.3, 0.4) is 0 Å². The van der Waals surface area contributed by atoms with Gasteiger partial charge in [-0.15, -0.1) is 0 Å². The second kappa shape index (κ2) is 5.74. The van der Waals surface area contributed by atoms with Gasteiger partial charge < -0.3 is 5.32 Å². The molecule has 1 atom stereocenters. The minimum absolute atomic E-state index is 0.316. The van der Waals surface area contributed by atoms with Gasteiger partial charge in [0, 0.05) is 0 Å². The second-order valence-electron chi connectivity index (χ2n) is 4.92. The van der Waals surface area contributed by atoms with Crippen molar-refractivity contribution in [3.63, 3.8) is 0 Å². The number of hydrogen-bond acceptors (Lipinski definition) is 1. The minimum Gasteiger partial charge on any atom is -0.316 e. The Bertz CT molecular complexity index is 379. The fourth-order valence-corrected chi connectivity index (χ4v) is 2.55. The van der Waals surface area contributed by atoms with Gasteiger partial charge in [0.15, 0.2) is 0 Å². The summed E-state index contributed by atoms with van der Waals surface area (Å²) in [6.45, 7) is 1.81. The molecule has 100 valence electrons.